The van der Waals surface area contributed by atoms with E-state index in [-0.39, 0.29) is 5.56 Å². The summed E-state index contributed by atoms with van der Waals surface area (Å²) in [5, 5.41) is 5.40. The van der Waals surface area contributed by atoms with Crippen molar-refractivity contribution >= 4 is 10.8 Å². The smallest absolute Gasteiger partial charge is 0.262 e. The van der Waals surface area contributed by atoms with Crippen molar-refractivity contribution in [2.24, 2.45) is 0 Å². The largest absolute Gasteiger partial charge is 0.333 e. The molecule has 0 amide bonds. The summed E-state index contributed by atoms with van der Waals surface area (Å²) in [5.41, 5.74) is 1.98. The average molecular weight is 366 g/mol. The molecule has 0 N–H and O–H groups in total. The third-order valence-corrected chi connectivity index (χ3v) is 4.51. The number of nitrogens with zero attached hydrogens (tertiary/aromatic N) is 4. The molecule has 0 fully saturated rings. The van der Waals surface area contributed by atoms with Crippen LogP contribution < -0.4 is 5.56 Å². The number of aromatic nitrogens is 4. The second-order valence-corrected chi connectivity index (χ2v) is 6.24. The van der Waals surface area contributed by atoms with E-state index < -0.39 is 0 Å². The Bertz CT molecular complexity index is 1330. The molecule has 0 atom stereocenters. The van der Waals surface area contributed by atoms with E-state index in [4.69, 9.17) is 4.52 Å². The quantitative estimate of drug-likeness (QED) is 0.480. The lowest BCUT2D eigenvalue weighted by molar-refractivity contribution is 0.432. The highest BCUT2D eigenvalue weighted by atomic mass is 16.5. The Morgan fingerprint density at radius 1 is 0.821 bits per heavy atom. The first kappa shape index (κ1) is 16.1. The Morgan fingerprint density at radius 3 is 2.36 bits per heavy atom. The third-order valence-electron chi connectivity index (χ3n) is 4.51. The van der Waals surface area contributed by atoms with Gasteiger partial charge in [-0.25, -0.2) is 0 Å². The van der Waals surface area contributed by atoms with Crippen molar-refractivity contribution in [1.29, 1.82) is 0 Å². The van der Waals surface area contributed by atoms with Crippen LogP contribution in [0.15, 0.2) is 94.5 Å². The highest BCUT2D eigenvalue weighted by Gasteiger charge is 2.17. The molecular formula is C22H14N4O2. The number of para-hydroxylation sites is 1. The van der Waals surface area contributed by atoms with Gasteiger partial charge in [0.2, 0.25) is 5.82 Å². The highest BCUT2D eigenvalue weighted by molar-refractivity contribution is 5.94. The molecule has 0 spiro atoms. The summed E-state index contributed by atoms with van der Waals surface area (Å²) in [6.07, 6.45) is 3.42. The maximum absolute atomic E-state index is 13.0. The van der Waals surface area contributed by atoms with E-state index in [1.165, 1.54) is 0 Å². The molecule has 0 saturated heterocycles. The molecule has 0 aliphatic rings. The first-order chi connectivity index (χ1) is 13.8. The molecule has 3 aromatic heterocycles. The molecule has 0 unspecified atom stereocenters. The fourth-order valence-electron chi connectivity index (χ4n) is 3.17. The van der Waals surface area contributed by atoms with Gasteiger partial charge in [0.1, 0.15) is 5.69 Å². The Kier molecular flexibility index (Phi) is 3.80. The van der Waals surface area contributed by atoms with Crippen LogP contribution in [0.1, 0.15) is 0 Å². The number of hydrogen-bond donors (Lipinski definition) is 0. The molecule has 0 bridgehead atoms. The van der Waals surface area contributed by atoms with Crippen LogP contribution in [0.5, 0.6) is 0 Å². The van der Waals surface area contributed by atoms with Gasteiger partial charge in [-0.1, -0.05) is 47.6 Å². The molecule has 3 heterocycles. The maximum atomic E-state index is 13.0. The first-order valence-corrected chi connectivity index (χ1v) is 8.76. The summed E-state index contributed by atoms with van der Waals surface area (Å²) in [6, 6.07) is 22.4. The predicted molar refractivity (Wildman–Crippen MR) is 106 cm³/mol. The standard InChI is InChI=1S/C22H14N4O2/c27-22-17-11-5-4-10-16(17)18(14-26(22)15-8-2-1-3-9-15)21-24-20(25-28-21)19-12-6-7-13-23-19/h1-14H. The van der Waals surface area contributed by atoms with Crippen molar-refractivity contribution in [3.05, 3.63) is 95.5 Å². The van der Waals surface area contributed by atoms with Gasteiger partial charge in [-0.05, 0) is 30.3 Å². The zero-order chi connectivity index (χ0) is 18.9. The van der Waals surface area contributed by atoms with Gasteiger partial charge >= 0.3 is 0 Å². The maximum Gasteiger partial charge on any atom is 0.262 e. The molecule has 0 saturated carbocycles. The van der Waals surface area contributed by atoms with E-state index >= 15 is 0 Å². The second kappa shape index (κ2) is 6.59. The molecule has 5 rings (SSSR count). The molecular weight excluding hydrogens is 352 g/mol. The molecule has 0 aliphatic carbocycles. The normalized spacial score (nSPS) is 11.0. The molecule has 6 nitrogen and oxygen atoms in total. The molecule has 6 heteroatoms. The van der Waals surface area contributed by atoms with E-state index in [1.807, 2.05) is 66.7 Å². The minimum atomic E-state index is -0.102. The van der Waals surface area contributed by atoms with Crippen molar-refractivity contribution in [3.63, 3.8) is 0 Å². The van der Waals surface area contributed by atoms with Crippen LogP contribution in [0.2, 0.25) is 0 Å². The SMILES string of the molecule is O=c1c2ccccc2c(-c2nc(-c3ccccn3)no2)cn1-c1ccccc1. The van der Waals surface area contributed by atoms with E-state index in [9.17, 15) is 4.79 Å². The summed E-state index contributed by atoms with van der Waals surface area (Å²) in [5.74, 6) is 0.735. The van der Waals surface area contributed by atoms with Crippen LogP contribution >= 0.6 is 0 Å². The van der Waals surface area contributed by atoms with Crippen LogP contribution in [0, 0.1) is 0 Å². The molecule has 134 valence electrons. The van der Waals surface area contributed by atoms with Crippen LogP contribution in [0.25, 0.3) is 39.4 Å². The number of pyridine rings is 2. The first-order valence-electron chi connectivity index (χ1n) is 8.76. The lowest BCUT2D eigenvalue weighted by Gasteiger charge is -2.10. The predicted octanol–water partition coefficient (Wildman–Crippen LogP) is 4.10. The van der Waals surface area contributed by atoms with Crippen LogP contribution in [0.4, 0.5) is 0 Å². The van der Waals surface area contributed by atoms with E-state index in [0.29, 0.717) is 28.4 Å². The minimum Gasteiger partial charge on any atom is -0.333 e. The lowest BCUT2D eigenvalue weighted by Crippen LogP contribution is -2.18. The van der Waals surface area contributed by atoms with Crippen LogP contribution in [-0.2, 0) is 0 Å². The van der Waals surface area contributed by atoms with Crippen molar-refractivity contribution in [2.45, 2.75) is 0 Å². The topological polar surface area (TPSA) is 73.8 Å². The number of fused-ring (bicyclic) bond motifs is 1. The summed E-state index contributed by atoms with van der Waals surface area (Å²) < 4.78 is 7.13. The molecule has 0 aliphatic heterocycles. The fourth-order valence-corrected chi connectivity index (χ4v) is 3.17. The van der Waals surface area contributed by atoms with Gasteiger partial charge in [0, 0.05) is 28.9 Å². The zero-order valence-electron chi connectivity index (χ0n) is 14.7. The summed E-state index contributed by atoms with van der Waals surface area (Å²) in [7, 11) is 0. The van der Waals surface area contributed by atoms with Gasteiger partial charge < -0.3 is 4.52 Å². The van der Waals surface area contributed by atoms with Crippen molar-refractivity contribution in [3.8, 4) is 28.7 Å². The number of rotatable bonds is 3. The van der Waals surface area contributed by atoms with Crippen molar-refractivity contribution in [1.82, 2.24) is 19.7 Å². The minimum absolute atomic E-state index is 0.102. The van der Waals surface area contributed by atoms with E-state index in [2.05, 4.69) is 15.1 Å². The Balaban J connectivity index is 1.75. The van der Waals surface area contributed by atoms with Gasteiger partial charge in [0.05, 0.1) is 5.56 Å². The Morgan fingerprint density at radius 2 is 1.57 bits per heavy atom. The molecule has 28 heavy (non-hydrogen) atoms. The lowest BCUT2D eigenvalue weighted by atomic mass is 10.1. The van der Waals surface area contributed by atoms with E-state index in [0.717, 1.165) is 11.1 Å². The summed E-state index contributed by atoms with van der Waals surface area (Å²) in [4.78, 5) is 21.8. The summed E-state index contributed by atoms with van der Waals surface area (Å²) >= 11 is 0. The van der Waals surface area contributed by atoms with Crippen LogP contribution in [-0.4, -0.2) is 19.7 Å². The van der Waals surface area contributed by atoms with E-state index in [1.54, 1.807) is 23.0 Å². The van der Waals surface area contributed by atoms with Crippen LogP contribution in [0.3, 0.4) is 0 Å². The zero-order valence-corrected chi connectivity index (χ0v) is 14.7. The van der Waals surface area contributed by atoms with Crippen molar-refractivity contribution in [2.75, 3.05) is 0 Å². The second-order valence-electron chi connectivity index (χ2n) is 6.24. The number of benzene rings is 2. The highest BCUT2D eigenvalue weighted by Crippen LogP contribution is 2.28. The Hall–Kier alpha value is -4.06. The number of hydrogen-bond acceptors (Lipinski definition) is 5. The van der Waals surface area contributed by atoms with Gasteiger partial charge in [0.15, 0.2) is 0 Å². The fraction of sp³-hybridized carbons (Fsp3) is 0. The average Bonchev–Trinajstić information content (AvgIpc) is 3.26. The van der Waals surface area contributed by atoms with Gasteiger partial charge in [0.25, 0.3) is 11.4 Å². The van der Waals surface area contributed by atoms with Gasteiger partial charge in [-0.3, -0.25) is 14.3 Å². The monoisotopic (exact) mass is 366 g/mol. The Labute approximate surface area is 159 Å². The molecule has 2 aromatic carbocycles. The molecule has 0 radical (unpaired) electrons. The van der Waals surface area contributed by atoms with Gasteiger partial charge in [-0.2, -0.15) is 4.98 Å². The van der Waals surface area contributed by atoms with Gasteiger partial charge in [-0.15, -0.1) is 0 Å². The van der Waals surface area contributed by atoms with Crippen molar-refractivity contribution < 1.29 is 4.52 Å². The molecule has 5 aromatic rings. The summed E-state index contributed by atoms with van der Waals surface area (Å²) in [6.45, 7) is 0. The third kappa shape index (κ3) is 2.68.